The lowest BCUT2D eigenvalue weighted by Gasteiger charge is -2.08. The van der Waals surface area contributed by atoms with Crippen LogP contribution in [-0.2, 0) is 0 Å². The second kappa shape index (κ2) is 4.08. The summed E-state index contributed by atoms with van der Waals surface area (Å²) in [5, 5.41) is 0. The topological polar surface area (TPSA) is 38.9 Å². The average Bonchev–Trinajstić information content (AvgIpc) is 2.19. The Morgan fingerprint density at radius 2 is 1.65 bits per heavy atom. The number of hydrogen-bond acceptors (Lipinski definition) is 2. The number of rotatable bonds is 1. The Bertz CT molecular complexity index is 559. The third-order valence-corrected chi connectivity index (χ3v) is 2.41. The summed E-state index contributed by atoms with van der Waals surface area (Å²) in [5.74, 6) is -2.62. The summed E-state index contributed by atoms with van der Waals surface area (Å²) in [6, 6.07) is 2.76. The molecule has 2 nitrogen and oxygen atoms in total. The van der Waals surface area contributed by atoms with Crippen LogP contribution in [0.4, 0.5) is 19.0 Å². The van der Waals surface area contributed by atoms with Gasteiger partial charge in [-0.15, -0.1) is 0 Å². The van der Waals surface area contributed by atoms with E-state index in [2.05, 4.69) is 4.98 Å². The van der Waals surface area contributed by atoms with Crippen LogP contribution in [0.3, 0.4) is 0 Å². The van der Waals surface area contributed by atoms with Gasteiger partial charge < -0.3 is 5.73 Å². The molecule has 88 valence electrons. The summed E-state index contributed by atoms with van der Waals surface area (Å²) in [6.45, 7) is 1.65. The van der Waals surface area contributed by atoms with Gasteiger partial charge in [-0.3, -0.25) is 0 Å². The van der Waals surface area contributed by atoms with Gasteiger partial charge >= 0.3 is 0 Å². The summed E-state index contributed by atoms with van der Waals surface area (Å²) in [7, 11) is 0. The molecule has 2 rings (SSSR count). The second-order valence-electron chi connectivity index (χ2n) is 3.67. The zero-order chi connectivity index (χ0) is 12.6. The number of nitrogens with two attached hydrogens (primary N) is 1. The number of pyridine rings is 1. The quantitative estimate of drug-likeness (QED) is 0.829. The maximum atomic E-state index is 13.5. The van der Waals surface area contributed by atoms with Crippen LogP contribution in [0.25, 0.3) is 11.1 Å². The number of hydrogen-bond donors (Lipinski definition) is 1. The largest absolute Gasteiger partial charge is 0.384 e. The number of nitrogen functional groups attached to an aromatic ring is 1. The van der Waals surface area contributed by atoms with Gasteiger partial charge in [0.2, 0.25) is 0 Å². The molecule has 0 amide bonds. The van der Waals surface area contributed by atoms with Gasteiger partial charge in [0.1, 0.15) is 23.3 Å². The summed E-state index contributed by atoms with van der Waals surface area (Å²) in [5.41, 5.74) is 5.98. The number of anilines is 1. The molecule has 0 unspecified atom stereocenters. The molecule has 0 bridgehead atoms. The number of halogens is 3. The van der Waals surface area contributed by atoms with Gasteiger partial charge in [-0.25, -0.2) is 18.2 Å². The molecule has 2 aromatic rings. The molecule has 1 heterocycles. The molecule has 0 aliphatic rings. The SMILES string of the molecule is Cc1cc(N)ncc1-c1c(F)cc(F)cc1F. The molecule has 0 spiro atoms. The van der Waals surface area contributed by atoms with Crippen LogP contribution in [0, 0.1) is 24.4 Å². The maximum absolute atomic E-state index is 13.5. The molecular formula is C12H9F3N2. The van der Waals surface area contributed by atoms with Crippen molar-refractivity contribution >= 4 is 5.82 Å². The van der Waals surface area contributed by atoms with Gasteiger partial charge in [-0.1, -0.05) is 0 Å². The first-order valence-corrected chi connectivity index (χ1v) is 4.86. The fourth-order valence-electron chi connectivity index (χ4n) is 1.64. The fourth-order valence-corrected chi connectivity index (χ4v) is 1.64. The number of nitrogens with zero attached hydrogens (tertiary/aromatic N) is 1. The first-order chi connectivity index (χ1) is 7.99. The first-order valence-electron chi connectivity index (χ1n) is 4.86. The van der Waals surface area contributed by atoms with Gasteiger partial charge in [0.15, 0.2) is 0 Å². The second-order valence-corrected chi connectivity index (χ2v) is 3.67. The Balaban J connectivity index is 2.68. The molecule has 2 N–H and O–H groups in total. The highest BCUT2D eigenvalue weighted by Gasteiger charge is 2.15. The van der Waals surface area contributed by atoms with E-state index in [1.807, 2.05) is 0 Å². The lowest BCUT2D eigenvalue weighted by atomic mass is 10.0. The molecule has 0 aliphatic heterocycles. The average molecular weight is 238 g/mol. The molecular weight excluding hydrogens is 229 g/mol. The summed E-state index contributed by atoms with van der Waals surface area (Å²) >= 11 is 0. The summed E-state index contributed by atoms with van der Waals surface area (Å²) in [6.07, 6.45) is 1.27. The standard InChI is InChI=1S/C12H9F3N2/c1-6-2-11(16)17-5-8(6)12-9(14)3-7(13)4-10(12)15/h2-5H,1H3,(H2,16,17). The van der Waals surface area contributed by atoms with Crippen LogP contribution in [0.2, 0.25) is 0 Å². The molecule has 1 aromatic heterocycles. The van der Waals surface area contributed by atoms with Crippen molar-refractivity contribution in [1.29, 1.82) is 0 Å². The number of aromatic nitrogens is 1. The van der Waals surface area contributed by atoms with Crippen LogP contribution in [0.5, 0.6) is 0 Å². The van der Waals surface area contributed by atoms with Crippen LogP contribution >= 0.6 is 0 Å². The zero-order valence-electron chi connectivity index (χ0n) is 8.97. The van der Waals surface area contributed by atoms with E-state index in [4.69, 9.17) is 5.73 Å². The highest BCUT2D eigenvalue weighted by Crippen LogP contribution is 2.29. The van der Waals surface area contributed by atoms with Crippen LogP contribution < -0.4 is 5.73 Å². The molecule has 17 heavy (non-hydrogen) atoms. The minimum absolute atomic E-state index is 0.258. The highest BCUT2D eigenvalue weighted by molar-refractivity contribution is 5.68. The Labute approximate surface area is 95.9 Å². The zero-order valence-corrected chi connectivity index (χ0v) is 8.97. The van der Waals surface area contributed by atoms with Gasteiger partial charge in [0, 0.05) is 23.9 Å². The van der Waals surface area contributed by atoms with E-state index in [0.29, 0.717) is 17.7 Å². The van der Waals surface area contributed by atoms with Crippen molar-refractivity contribution < 1.29 is 13.2 Å². The maximum Gasteiger partial charge on any atom is 0.136 e. The normalized spacial score (nSPS) is 10.6. The summed E-state index contributed by atoms with van der Waals surface area (Å²) in [4.78, 5) is 3.77. The van der Waals surface area contributed by atoms with Crippen LogP contribution in [0.1, 0.15) is 5.56 Å². The van der Waals surface area contributed by atoms with E-state index in [-0.39, 0.29) is 16.9 Å². The van der Waals surface area contributed by atoms with Gasteiger partial charge in [-0.2, -0.15) is 0 Å². The van der Waals surface area contributed by atoms with Gasteiger partial charge in [0.05, 0.1) is 5.56 Å². The van der Waals surface area contributed by atoms with Crippen molar-refractivity contribution in [1.82, 2.24) is 4.98 Å². The lowest BCUT2D eigenvalue weighted by Crippen LogP contribution is -1.97. The smallest absolute Gasteiger partial charge is 0.136 e. The fraction of sp³-hybridized carbons (Fsp3) is 0.0833. The van der Waals surface area contributed by atoms with E-state index in [9.17, 15) is 13.2 Å². The molecule has 0 fully saturated rings. The van der Waals surface area contributed by atoms with E-state index in [1.54, 1.807) is 6.92 Å². The van der Waals surface area contributed by atoms with Crippen molar-refractivity contribution in [2.24, 2.45) is 0 Å². The van der Waals surface area contributed by atoms with E-state index in [1.165, 1.54) is 12.3 Å². The van der Waals surface area contributed by atoms with Gasteiger partial charge in [0.25, 0.3) is 0 Å². The third kappa shape index (κ3) is 2.08. The Morgan fingerprint density at radius 3 is 2.18 bits per heavy atom. The minimum atomic E-state index is -0.961. The molecule has 0 saturated carbocycles. The Hall–Kier alpha value is -2.04. The van der Waals surface area contributed by atoms with Crippen LogP contribution in [0.15, 0.2) is 24.4 Å². The lowest BCUT2D eigenvalue weighted by molar-refractivity contribution is 0.548. The molecule has 0 saturated heterocycles. The van der Waals surface area contributed by atoms with Crippen molar-refractivity contribution in [2.45, 2.75) is 6.92 Å². The predicted molar refractivity (Wildman–Crippen MR) is 58.7 cm³/mol. The molecule has 0 atom stereocenters. The van der Waals surface area contributed by atoms with Crippen molar-refractivity contribution in [3.05, 3.63) is 47.4 Å². The number of benzene rings is 1. The summed E-state index contributed by atoms with van der Waals surface area (Å²) < 4.78 is 39.9. The first kappa shape index (κ1) is 11.4. The Kier molecular flexibility index (Phi) is 2.75. The van der Waals surface area contributed by atoms with Gasteiger partial charge in [-0.05, 0) is 18.6 Å². The van der Waals surface area contributed by atoms with Crippen molar-refractivity contribution in [3.63, 3.8) is 0 Å². The van der Waals surface area contributed by atoms with Crippen molar-refractivity contribution in [3.8, 4) is 11.1 Å². The monoisotopic (exact) mass is 238 g/mol. The predicted octanol–water partition coefficient (Wildman–Crippen LogP) is 3.06. The highest BCUT2D eigenvalue weighted by atomic mass is 19.1. The number of aryl methyl sites for hydroxylation is 1. The van der Waals surface area contributed by atoms with E-state index in [0.717, 1.165) is 0 Å². The van der Waals surface area contributed by atoms with Crippen molar-refractivity contribution in [2.75, 3.05) is 5.73 Å². The molecule has 0 radical (unpaired) electrons. The van der Waals surface area contributed by atoms with Crippen LogP contribution in [-0.4, -0.2) is 4.98 Å². The molecule has 5 heteroatoms. The van der Waals surface area contributed by atoms with E-state index < -0.39 is 17.5 Å². The Morgan fingerprint density at radius 1 is 1.06 bits per heavy atom. The molecule has 1 aromatic carbocycles. The third-order valence-electron chi connectivity index (χ3n) is 2.41. The molecule has 0 aliphatic carbocycles. The minimum Gasteiger partial charge on any atom is -0.384 e. The van der Waals surface area contributed by atoms with E-state index >= 15 is 0 Å².